The van der Waals surface area contributed by atoms with Crippen molar-refractivity contribution in [3.63, 3.8) is 0 Å². The highest BCUT2D eigenvalue weighted by Gasteiger charge is 2.35. The second-order valence-corrected chi connectivity index (χ2v) is 9.06. The summed E-state index contributed by atoms with van der Waals surface area (Å²) in [7, 11) is 0. The molecule has 0 saturated carbocycles. The summed E-state index contributed by atoms with van der Waals surface area (Å²) in [5.41, 5.74) is 6.38. The van der Waals surface area contributed by atoms with Gasteiger partial charge in [0.25, 0.3) is 11.8 Å². The molecule has 1 fully saturated rings. The van der Waals surface area contributed by atoms with Crippen molar-refractivity contribution in [2.45, 2.75) is 34.6 Å². The van der Waals surface area contributed by atoms with Crippen molar-refractivity contribution in [3.8, 4) is 5.69 Å². The van der Waals surface area contributed by atoms with E-state index >= 15 is 0 Å². The van der Waals surface area contributed by atoms with Crippen LogP contribution in [-0.4, -0.2) is 34.1 Å². The SMILES string of the molecule is CCOC(=O)c1ccc(-n2c(C)cc(/C=C3\C(=O)NC(=S)N(c4ccc(C)cc4C)C3=O)c2C)cc1. The number of nitrogens with one attached hydrogen (secondary N) is 1. The van der Waals surface area contributed by atoms with E-state index in [-0.39, 0.29) is 16.7 Å². The average Bonchev–Trinajstić information content (AvgIpc) is 3.10. The largest absolute Gasteiger partial charge is 0.462 e. The minimum Gasteiger partial charge on any atom is -0.462 e. The average molecular weight is 502 g/mol. The van der Waals surface area contributed by atoms with Gasteiger partial charge in [-0.3, -0.25) is 19.8 Å². The number of esters is 1. The maximum Gasteiger partial charge on any atom is 0.338 e. The van der Waals surface area contributed by atoms with Crippen LogP contribution >= 0.6 is 12.2 Å². The minimum atomic E-state index is -0.533. The van der Waals surface area contributed by atoms with E-state index in [2.05, 4.69) is 5.32 Å². The van der Waals surface area contributed by atoms with Crippen molar-refractivity contribution in [1.29, 1.82) is 0 Å². The summed E-state index contributed by atoms with van der Waals surface area (Å²) < 4.78 is 7.05. The zero-order valence-electron chi connectivity index (χ0n) is 20.8. The Labute approximate surface area is 215 Å². The Balaban J connectivity index is 1.71. The molecule has 0 unspecified atom stereocenters. The van der Waals surface area contributed by atoms with E-state index in [1.165, 1.54) is 4.90 Å². The quantitative estimate of drug-likeness (QED) is 0.237. The Kier molecular flexibility index (Phi) is 6.90. The number of hydrogen-bond acceptors (Lipinski definition) is 5. The highest BCUT2D eigenvalue weighted by Crippen LogP contribution is 2.28. The fourth-order valence-electron chi connectivity index (χ4n) is 4.38. The van der Waals surface area contributed by atoms with Crippen LogP contribution in [0.1, 0.15) is 45.4 Å². The smallest absolute Gasteiger partial charge is 0.338 e. The van der Waals surface area contributed by atoms with E-state index in [0.29, 0.717) is 17.9 Å². The number of ether oxygens (including phenoxy) is 1. The zero-order valence-corrected chi connectivity index (χ0v) is 21.7. The summed E-state index contributed by atoms with van der Waals surface area (Å²) in [6.45, 7) is 9.80. The van der Waals surface area contributed by atoms with Crippen LogP contribution < -0.4 is 10.2 Å². The van der Waals surface area contributed by atoms with E-state index in [4.69, 9.17) is 17.0 Å². The molecular weight excluding hydrogens is 474 g/mol. The van der Waals surface area contributed by atoms with Crippen LogP contribution in [0.5, 0.6) is 0 Å². The summed E-state index contributed by atoms with van der Waals surface area (Å²) in [6.07, 6.45) is 1.60. The molecule has 1 saturated heterocycles. The van der Waals surface area contributed by atoms with Crippen LogP contribution in [0.25, 0.3) is 11.8 Å². The van der Waals surface area contributed by atoms with Gasteiger partial charge in [-0.05, 0) is 100 Å². The van der Waals surface area contributed by atoms with Crippen LogP contribution in [0, 0.1) is 27.7 Å². The molecule has 0 bridgehead atoms. The van der Waals surface area contributed by atoms with E-state index in [9.17, 15) is 14.4 Å². The first-order valence-electron chi connectivity index (χ1n) is 11.6. The molecule has 2 amide bonds. The number of aromatic nitrogens is 1. The number of aryl methyl sites for hydroxylation is 3. The number of rotatable bonds is 5. The van der Waals surface area contributed by atoms with Gasteiger partial charge in [-0.15, -0.1) is 0 Å². The first-order valence-corrected chi connectivity index (χ1v) is 12.0. The Morgan fingerprint density at radius 2 is 1.72 bits per heavy atom. The Morgan fingerprint density at radius 3 is 2.36 bits per heavy atom. The third-order valence-corrected chi connectivity index (χ3v) is 6.39. The van der Waals surface area contributed by atoms with Gasteiger partial charge in [-0.1, -0.05) is 17.7 Å². The molecule has 2 aromatic carbocycles. The normalized spacial score (nSPS) is 14.9. The molecule has 1 N–H and O–H groups in total. The van der Waals surface area contributed by atoms with E-state index in [1.807, 2.05) is 68.7 Å². The molecule has 7 nitrogen and oxygen atoms in total. The Hall–Kier alpha value is -4.04. The first-order chi connectivity index (χ1) is 17.1. The van der Waals surface area contributed by atoms with E-state index in [1.54, 1.807) is 25.1 Å². The Morgan fingerprint density at radius 1 is 1.03 bits per heavy atom. The highest BCUT2D eigenvalue weighted by molar-refractivity contribution is 7.80. The molecule has 1 aromatic heterocycles. The molecule has 0 radical (unpaired) electrons. The zero-order chi connectivity index (χ0) is 26.1. The number of carbonyl (C=O) groups excluding carboxylic acids is 3. The van der Waals surface area contributed by atoms with Gasteiger partial charge in [0, 0.05) is 17.1 Å². The standard InChI is InChI=1S/C28H27N3O4S/c1-6-35-27(34)20-8-10-22(11-9-20)30-18(4)14-21(19(30)5)15-23-25(32)29-28(36)31(26(23)33)24-12-7-16(2)13-17(24)3/h7-15H,6H2,1-5H3,(H,29,32,36)/b23-15+. The minimum absolute atomic E-state index is 0.00137. The van der Waals surface area contributed by atoms with E-state index < -0.39 is 11.8 Å². The van der Waals surface area contributed by atoms with Gasteiger partial charge in [0.2, 0.25) is 0 Å². The lowest BCUT2D eigenvalue weighted by molar-refractivity contribution is -0.122. The van der Waals surface area contributed by atoms with Gasteiger partial charge in [0.1, 0.15) is 5.57 Å². The molecule has 36 heavy (non-hydrogen) atoms. The van der Waals surface area contributed by atoms with Crippen LogP contribution in [0.3, 0.4) is 0 Å². The molecule has 1 aliphatic heterocycles. The maximum absolute atomic E-state index is 13.5. The number of carbonyl (C=O) groups is 3. The topological polar surface area (TPSA) is 80.6 Å². The number of hydrogen-bond donors (Lipinski definition) is 1. The number of amides is 2. The van der Waals surface area contributed by atoms with Gasteiger partial charge in [-0.25, -0.2) is 4.79 Å². The summed E-state index contributed by atoms with van der Waals surface area (Å²) in [5.74, 6) is -1.38. The monoisotopic (exact) mass is 501 g/mol. The van der Waals surface area contributed by atoms with Crippen molar-refractivity contribution >= 4 is 46.9 Å². The fraction of sp³-hybridized carbons (Fsp3) is 0.214. The first kappa shape index (κ1) is 25.1. The van der Waals surface area contributed by atoms with Gasteiger partial charge < -0.3 is 9.30 Å². The predicted molar refractivity (Wildman–Crippen MR) is 143 cm³/mol. The molecular formula is C28H27N3O4S. The highest BCUT2D eigenvalue weighted by atomic mass is 32.1. The molecule has 0 atom stereocenters. The van der Waals surface area contributed by atoms with Crippen molar-refractivity contribution < 1.29 is 19.1 Å². The van der Waals surface area contributed by atoms with Gasteiger partial charge in [0.05, 0.1) is 17.9 Å². The summed E-state index contributed by atoms with van der Waals surface area (Å²) >= 11 is 5.34. The van der Waals surface area contributed by atoms with Crippen molar-refractivity contribution in [3.05, 3.63) is 87.7 Å². The fourth-order valence-corrected chi connectivity index (χ4v) is 4.65. The lowest BCUT2D eigenvalue weighted by Crippen LogP contribution is -2.54. The maximum atomic E-state index is 13.5. The molecule has 3 aromatic rings. The van der Waals surface area contributed by atoms with Gasteiger partial charge in [-0.2, -0.15) is 0 Å². The van der Waals surface area contributed by atoms with Crippen LogP contribution in [-0.2, 0) is 14.3 Å². The van der Waals surface area contributed by atoms with Crippen molar-refractivity contribution in [2.24, 2.45) is 0 Å². The van der Waals surface area contributed by atoms with Crippen molar-refractivity contribution in [2.75, 3.05) is 11.5 Å². The molecule has 0 spiro atoms. The van der Waals surface area contributed by atoms with Crippen LogP contribution in [0.4, 0.5) is 5.69 Å². The van der Waals surface area contributed by atoms with Crippen LogP contribution in [0.2, 0.25) is 0 Å². The van der Waals surface area contributed by atoms with Gasteiger partial charge >= 0.3 is 5.97 Å². The summed E-state index contributed by atoms with van der Waals surface area (Å²) in [4.78, 5) is 39.6. The summed E-state index contributed by atoms with van der Waals surface area (Å²) in [5, 5.41) is 2.71. The number of nitrogens with zero attached hydrogens (tertiary/aromatic N) is 2. The second kappa shape index (κ2) is 9.91. The van der Waals surface area contributed by atoms with Crippen LogP contribution in [0.15, 0.2) is 54.1 Å². The summed E-state index contributed by atoms with van der Waals surface area (Å²) in [6, 6.07) is 14.7. The number of thiocarbonyl (C=S) groups is 1. The third kappa shape index (κ3) is 4.59. The van der Waals surface area contributed by atoms with Crippen molar-refractivity contribution in [1.82, 2.24) is 9.88 Å². The molecule has 184 valence electrons. The molecule has 0 aliphatic carbocycles. The lowest BCUT2D eigenvalue weighted by atomic mass is 10.0. The second-order valence-electron chi connectivity index (χ2n) is 8.68. The number of benzene rings is 2. The predicted octanol–water partition coefficient (Wildman–Crippen LogP) is 4.72. The molecule has 1 aliphatic rings. The van der Waals surface area contributed by atoms with E-state index in [0.717, 1.165) is 33.8 Å². The molecule has 8 heteroatoms. The van der Waals surface area contributed by atoms with Gasteiger partial charge in [0.15, 0.2) is 5.11 Å². The molecule has 2 heterocycles. The third-order valence-electron chi connectivity index (χ3n) is 6.10. The molecule has 4 rings (SSSR count). The lowest BCUT2D eigenvalue weighted by Gasteiger charge is -2.30. The Bertz CT molecular complexity index is 1430. The number of anilines is 1.